The average Bonchev–Trinajstić information content (AvgIpc) is 3.63. The maximum Gasteiger partial charge on any atom is 0.143 e. The fourth-order valence-corrected chi connectivity index (χ4v) is 6.36. The van der Waals surface area contributed by atoms with Crippen LogP contribution in [0.4, 0.5) is 0 Å². The third-order valence-corrected chi connectivity index (χ3v) is 8.27. The van der Waals surface area contributed by atoms with Crippen molar-refractivity contribution in [1.29, 1.82) is 0 Å². The lowest BCUT2D eigenvalue weighted by Crippen LogP contribution is -1.92. The summed E-state index contributed by atoms with van der Waals surface area (Å²) in [6.07, 6.45) is 0. The fourth-order valence-electron chi connectivity index (χ4n) is 6.36. The number of fused-ring (bicyclic) bond motifs is 5. The van der Waals surface area contributed by atoms with Gasteiger partial charge in [0.25, 0.3) is 0 Å². The molecule has 0 aliphatic rings. The van der Waals surface area contributed by atoms with Gasteiger partial charge in [-0.25, -0.2) is 0 Å². The standard InChI is InChI=1S/C44H28O/c1-3-14-29(15-4-1)32-18-7-8-19-34(32)43-37-22-11-9-20-35(37)42(36-21-10-12-23-38(36)43)31-26-27-41-40(28-31)39-25-13-24-33(44(39)45-41)30-16-5-2-6-17-30/h1-28H/i2D,5D,6D,13D,16D,17D,24D,25D,26D,27D,28D. The van der Waals surface area contributed by atoms with Gasteiger partial charge >= 0.3 is 0 Å². The van der Waals surface area contributed by atoms with Crippen LogP contribution in [-0.4, -0.2) is 0 Å². The fraction of sp³-hybridized carbons (Fsp3) is 0. The van der Waals surface area contributed by atoms with Crippen LogP contribution in [0, 0.1) is 0 Å². The molecule has 0 spiro atoms. The Morgan fingerprint density at radius 1 is 0.378 bits per heavy atom. The number of rotatable bonds is 4. The molecule has 1 heteroatoms. The van der Waals surface area contributed by atoms with E-state index in [4.69, 9.17) is 15.4 Å². The van der Waals surface area contributed by atoms with Gasteiger partial charge < -0.3 is 4.42 Å². The molecule has 45 heavy (non-hydrogen) atoms. The van der Waals surface area contributed by atoms with Gasteiger partial charge in [0.1, 0.15) is 11.2 Å². The number of para-hydroxylation sites is 1. The van der Waals surface area contributed by atoms with Crippen molar-refractivity contribution >= 4 is 43.5 Å². The molecule has 0 N–H and O–H groups in total. The molecule has 0 unspecified atom stereocenters. The van der Waals surface area contributed by atoms with E-state index in [0.717, 1.165) is 43.8 Å². The van der Waals surface area contributed by atoms with E-state index >= 15 is 0 Å². The maximum absolute atomic E-state index is 9.79. The van der Waals surface area contributed by atoms with Gasteiger partial charge in [-0.1, -0.05) is 158 Å². The van der Waals surface area contributed by atoms with Crippen LogP contribution in [0.1, 0.15) is 15.1 Å². The molecule has 1 heterocycles. The van der Waals surface area contributed by atoms with Crippen molar-refractivity contribution < 1.29 is 19.5 Å². The van der Waals surface area contributed by atoms with Crippen LogP contribution >= 0.6 is 0 Å². The van der Waals surface area contributed by atoms with Crippen LogP contribution in [-0.2, 0) is 0 Å². The highest BCUT2D eigenvalue weighted by atomic mass is 16.3. The van der Waals surface area contributed by atoms with Crippen molar-refractivity contribution in [1.82, 2.24) is 0 Å². The van der Waals surface area contributed by atoms with Crippen LogP contribution in [0.5, 0.6) is 0 Å². The van der Waals surface area contributed by atoms with Crippen molar-refractivity contribution in [3.8, 4) is 44.5 Å². The van der Waals surface area contributed by atoms with E-state index in [-0.39, 0.29) is 45.2 Å². The molecule has 1 aromatic heterocycles. The number of hydrogen-bond donors (Lipinski definition) is 0. The number of furan rings is 1. The van der Waals surface area contributed by atoms with Gasteiger partial charge in [-0.3, -0.25) is 0 Å². The van der Waals surface area contributed by atoms with E-state index in [2.05, 4.69) is 24.3 Å². The van der Waals surface area contributed by atoms with Crippen LogP contribution in [0.25, 0.3) is 88.0 Å². The maximum atomic E-state index is 9.79. The molecule has 8 aromatic carbocycles. The molecule has 0 saturated carbocycles. The summed E-state index contributed by atoms with van der Waals surface area (Å²) in [5.74, 6) is 0. The topological polar surface area (TPSA) is 13.1 Å². The molecule has 9 aromatic rings. The molecule has 0 bridgehead atoms. The summed E-state index contributed by atoms with van der Waals surface area (Å²) in [7, 11) is 0. The first kappa shape index (κ1) is 16.8. The van der Waals surface area contributed by atoms with Crippen LogP contribution < -0.4 is 0 Å². The highest BCUT2D eigenvalue weighted by molar-refractivity contribution is 6.23. The van der Waals surface area contributed by atoms with E-state index in [1.807, 2.05) is 78.9 Å². The van der Waals surface area contributed by atoms with Gasteiger partial charge in [0.05, 0.1) is 15.1 Å². The summed E-state index contributed by atoms with van der Waals surface area (Å²) in [6.45, 7) is 0. The molecular formula is C44H28O. The summed E-state index contributed by atoms with van der Waals surface area (Å²) >= 11 is 0. The van der Waals surface area contributed by atoms with Gasteiger partial charge in [0.15, 0.2) is 0 Å². The molecule has 1 nitrogen and oxygen atoms in total. The minimum Gasteiger partial charge on any atom is -0.455 e. The Balaban J connectivity index is 1.43. The first-order chi connectivity index (χ1) is 26.9. The second-order valence-electron chi connectivity index (χ2n) is 10.8. The Morgan fingerprint density at radius 2 is 1.00 bits per heavy atom. The lowest BCUT2D eigenvalue weighted by atomic mass is 9.83. The van der Waals surface area contributed by atoms with Crippen molar-refractivity contribution in [3.05, 3.63) is 170 Å². The molecule has 0 saturated heterocycles. The minimum absolute atomic E-state index is 0.0465. The quantitative estimate of drug-likeness (QED) is 0.188. The first-order valence-electron chi connectivity index (χ1n) is 20.1. The largest absolute Gasteiger partial charge is 0.455 e. The second kappa shape index (κ2) is 10.4. The lowest BCUT2D eigenvalue weighted by molar-refractivity contribution is 0.670. The zero-order chi connectivity index (χ0) is 39.3. The molecule has 0 aliphatic carbocycles. The van der Waals surface area contributed by atoms with Crippen molar-refractivity contribution in [2.45, 2.75) is 0 Å². The zero-order valence-electron chi connectivity index (χ0n) is 34.7. The highest BCUT2D eigenvalue weighted by Gasteiger charge is 2.20. The van der Waals surface area contributed by atoms with Gasteiger partial charge in [0, 0.05) is 16.3 Å². The molecule has 0 radical (unpaired) electrons. The normalized spacial score (nSPS) is 15.0. The molecule has 0 atom stereocenters. The Kier molecular flexibility index (Phi) is 3.87. The minimum atomic E-state index is -0.655. The highest BCUT2D eigenvalue weighted by Crippen LogP contribution is 2.47. The van der Waals surface area contributed by atoms with E-state index in [9.17, 15) is 4.11 Å². The molecule has 210 valence electrons. The molecule has 9 rings (SSSR count). The lowest BCUT2D eigenvalue weighted by Gasteiger charge is -2.19. The summed E-state index contributed by atoms with van der Waals surface area (Å²) in [6, 6.07) is 27.8. The predicted molar refractivity (Wildman–Crippen MR) is 190 cm³/mol. The third-order valence-electron chi connectivity index (χ3n) is 8.27. The van der Waals surface area contributed by atoms with E-state index in [1.165, 1.54) is 0 Å². The Morgan fingerprint density at radius 3 is 1.71 bits per heavy atom. The Labute approximate surface area is 277 Å². The molecule has 0 amide bonds. The van der Waals surface area contributed by atoms with Crippen LogP contribution in [0.2, 0.25) is 0 Å². The van der Waals surface area contributed by atoms with Crippen molar-refractivity contribution in [2.75, 3.05) is 0 Å². The Bertz CT molecular complexity index is 3070. The van der Waals surface area contributed by atoms with Crippen molar-refractivity contribution in [3.63, 3.8) is 0 Å². The zero-order valence-corrected chi connectivity index (χ0v) is 23.7. The smallest absolute Gasteiger partial charge is 0.143 e. The monoisotopic (exact) mass is 583 g/mol. The van der Waals surface area contributed by atoms with E-state index in [0.29, 0.717) is 5.56 Å². The van der Waals surface area contributed by atoms with E-state index < -0.39 is 59.9 Å². The van der Waals surface area contributed by atoms with Gasteiger partial charge in [-0.05, 0) is 72.6 Å². The van der Waals surface area contributed by atoms with Crippen LogP contribution in [0.15, 0.2) is 174 Å². The molecule has 0 fully saturated rings. The predicted octanol–water partition coefficient (Wildman–Crippen LogP) is 12.6. The third kappa shape index (κ3) is 4.09. The van der Waals surface area contributed by atoms with Crippen molar-refractivity contribution in [2.24, 2.45) is 0 Å². The van der Waals surface area contributed by atoms with Gasteiger partial charge in [-0.2, -0.15) is 0 Å². The Hall–Kier alpha value is -5.92. The SMILES string of the molecule is [2H]c1c([2H])c([2H])c(-c2c([2H])c([2H])c([2H])c3c2oc2c([2H])c([2H])c(-c4c5ccccc5c(-c5ccccc5-c5ccccc5)c5ccccc45)c([2H])c23)c([2H])c1[2H]. The van der Waals surface area contributed by atoms with Crippen LogP contribution in [0.3, 0.4) is 0 Å². The van der Waals surface area contributed by atoms with Gasteiger partial charge in [0.2, 0.25) is 0 Å². The van der Waals surface area contributed by atoms with E-state index in [1.54, 1.807) is 0 Å². The second-order valence-corrected chi connectivity index (χ2v) is 10.8. The average molecular weight is 584 g/mol. The summed E-state index contributed by atoms with van der Waals surface area (Å²) in [4.78, 5) is 0. The number of benzene rings is 8. The molecule has 0 aliphatic heterocycles. The summed E-state index contributed by atoms with van der Waals surface area (Å²) in [5.41, 5.74) is 3.40. The first-order valence-corrected chi connectivity index (χ1v) is 14.6. The summed E-state index contributed by atoms with van der Waals surface area (Å²) in [5, 5.41) is 2.98. The summed E-state index contributed by atoms with van der Waals surface area (Å²) < 4.78 is 103. The van der Waals surface area contributed by atoms with Gasteiger partial charge in [-0.15, -0.1) is 0 Å². The molecular weight excluding hydrogens is 544 g/mol. The number of hydrogen-bond acceptors (Lipinski definition) is 1.